The van der Waals surface area contributed by atoms with Crippen molar-refractivity contribution in [2.75, 3.05) is 7.05 Å². The maximum absolute atomic E-state index is 3.55. The highest BCUT2D eigenvalue weighted by Crippen LogP contribution is 2.29. The molecule has 1 fully saturated rings. The van der Waals surface area contributed by atoms with E-state index in [-0.39, 0.29) is 0 Å². The Hall–Kier alpha value is -0.820. The Balaban J connectivity index is 1.94. The molecule has 0 spiro atoms. The normalized spacial score (nSPS) is 18.2. The Kier molecular flexibility index (Phi) is 4.82. The van der Waals surface area contributed by atoms with Gasteiger partial charge in [-0.3, -0.25) is 0 Å². The molecule has 1 aromatic rings. The van der Waals surface area contributed by atoms with Crippen LogP contribution in [0.3, 0.4) is 0 Å². The van der Waals surface area contributed by atoms with Crippen molar-refractivity contribution >= 4 is 0 Å². The minimum Gasteiger partial charge on any atom is -0.317 e. The molecular weight excluding hydrogens is 218 g/mol. The van der Waals surface area contributed by atoms with Gasteiger partial charge in [0.2, 0.25) is 0 Å². The second-order valence-electron chi connectivity index (χ2n) is 5.91. The number of hydrogen-bond acceptors (Lipinski definition) is 1. The zero-order valence-corrected chi connectivity index (χ0v) is 12.1. The lowest BCUT2D eigenvalue weighted by molar-refractivity contribution is 0.360. The van der Waals surface area contributed by atoms with Gasteiger partial charge in [-0.05, 0) is 63.6 Å². The number of rotatable bonds is 5. The van der Waals surface area contributed by atoms with Crippen LogP contribution in [0, 0.1) is 19.8 Å². The van der Waals surface area contributed by atoms with Gasteiger partial charge >= 0.3 is 0 Å². The summed E-state index contributed by atoms with van der Waals surface area (Å²) in [6.07, 6.45) is 8.23. The van der Waals surface area contributed by atoms with E-state index >= 15 is 0 Å². The van der Waals surface area contributed by atoms with E-state index in [1.165, 1.54) is 55.2 Å². The number of benzene rings is 1. The molecule has 0 aliphatic heterocycles. The Labute approximate surface area is 112 Å². The predicted octanol–water partition coefficient (Wildman–Crippen LogP) is 4.01. The van der Waals surface area contributed by atoms with Crippen LogP contribution in [0.2, 0.25) is 0 Å². The van der Waals surface area contributed by atoms with Gasteiger partial charge in [0.1, 0.15) is 0 Å². The molecule has 1 unspecified atom stereocenters. The van der Waals surface area contributed by atoms with Gasteiger partial charge in [-0.2, -0.15) is 0 Å². The van der Waals surface area contributed by atoms with Crippen molar-refractivity contribution in [2.24, 2.45) is 5.92 Å². The van der Waals surface area contributed by atoms with Crippen LogP contribution in [-0.4, -0.2) is 13.1 Å². The molecule has 1 atom stereocenters. The summed E-state index contributed by atoms with van der Waals surface area (Å²) >= 11 is 0. The van der Waals surface area contributed by atoms with Crippen LogP contribution in [0.4, 0.5) is 0 Å². The summed E-state index contributed by atoms with van der Waals surface area (Å²) in [5.41, 5.74) is 4.37. The second-order valence-corrected chi connectivity index (χ2v) is 5.91. The van der Waals surface area contributed by atoms with Gasteiger partial charge in [0.25, 0.3) is 0 Å². The molecular formula is C17H27N. The van der Waals surface area contributed by atoms with E-state index in [4.69, 9.17) is 0 Å². The molecule has 0 bridgehead atoms. The minimum absolute atomic E-state index is 0.715. The Morgan fingerprint density at radius 3 is 2.61 bits per heavy atom. The molecule has 100 valence electrons. The van der Waals surface area contributed by atoms with E-state index in [0.717, 1.165) is 5.92 Å². The van der Waals surface area contributed by atoms with Gasteiger partial charge in [0.05, 0.1) is 0 Å². The van der Waals surface area contributed by atoms with Crippen LogP contribution in [-0.2, 0) is 6.42 Å². The second kappa shape index (κ2) is 6.38. The molecule has 1 aliphatic rings. The van der Waals surface area contributed by atoms with Gasteiger partial charge in [-0.25, -0.2) is 0 Å². The van der Waals surface area contributed by atoms with E-state index in [0.29, 0.717) is 6.04 Å². The molecule has 1 saturated carbocycles. The summed E-state index contributed by atoms with van der Waals surface area (Å²) in [6, 6.07) is 7.55. The van der Waals surface area contributed by atoms with E-state index in [1.807, 2.05) is 0 Å². The first-order valence-electron chi connectivity index (χ1n) is 7.44. The van der Waals surface area contributed by atoms with Gasteiger partial charge in [-0.1, -0.05) is 36.6 Å². The maximum atomic E-state index is 3.55. The van der Waals surface area contributed by atoms with Gasteiger partial charge in [-0.15, -0.1) is 0 Å². The van der Waals surface area contributed by atoms with Crippen LogP contribution >= 0.6 is 0 Å². The monoisotopic (exact) mass is 245 g/mol. The fraction of sp³-hybridized carbons (Fsp3) is 0.647. The van der Waals surface area contributed by atoms with E-state index in [9.17, 15) is 0 Å². The summed E-state index contributed by atoms with van der Waals surface area (Å²) < 4.78 is 0. The zero-order valence-electron chi connectivity index (χ0n) is 12.1. The van der Waals surface area contributed by atoms with Crippen molar-refractivity contribution in [3.05, 3.63) is 34.9 Å². The first-order chi connectivity index (χ1) is 8.70. The van der Waals surface area contributed by atoms with Crippen molar-refractivity contribution in [1.82, 2.24) is 5.32 Å². The fourth-order valence-electron chi connectivity index (χ4n) is 3.36. The lowest BCUT2D eigenvalue weighted by Crippen LogP contribution is -2.32. The van der Waals surface area contributed by atoms with Crippen molar-refractivity contribution in [3.63, 3.8) is 0 Å². The maximum Gasteiger partial charge on any atom is 0.00954 e. The summed E-state index contributed by atoms with van der Waals surface area (Å²) in [5, 5.41) is 3.55. The lowest BCUT2D eigenvalue weighted by atomic mass is 9.91. The molecule has 1 heteroatoms. The largest absolute Gasteiger partial charge is 0.317 e. The van der Waals surface area contributed by atoms with Crippen molar-refractivity contribution in [2.45, 2.75) is 58.4 Å². The fourth-order valence-corrected chi connectivity index (χ4v) is 3.36. The lowest BCUT2D eigenvalue weighted by Gasteiger charge is -2.23. The predicted molar refractivity (Wildman–Crippen MR) is 79.0 cm³/mol. The van der Waals surface area contributed by atoms with Crippen LogP contribution in [0.5, 0.6) is 0 Å². The van der Waals surface area contributed by atoms with E-state index in [1.54, 1.807) is 0 Å². The zero-order chi connectivity index (χ0) is 13.0. The molecule has 0 heterocycles. The molecule has 1 aromatic carbocycles. The quantitative estimate of drug-likeness (QED) is 0.826. The third-order valence-corrected chi connectivity index (χ3v) is 4.57. The molecule has 1 N–H and O–H groups in total. The highest BCUT2D eigenvalue weighted by atomic mass is 14.9. The van der Waals surface area contributed by atoms with E-state index < -0.39 is 0 Å². The molecule has 0 aromatic heterocycles. The molecule has 0 amide bonds. The topological polar surface area (TPSA) is 12.0 Å². The molecule has 1 nitrogen and oxygen atoms in total. The molecule has 18 heavy (non-hydrogen) atoms. The van der Waals surface area contributed by atoms with Gasteiger partial charge in [0, 0.05) is 6.04 Å². The number of hydrogen-bond donors (Lipinski definition) is 1. The SMILES string of the molecule is CNC(CCc1cc(C)ccc1C)C1CCCC1. The third-order valence-electron chi connectivity index (χ3n) is 4.57. The smallest absolute Gasteiger partial charge is 0.00954 e. The minimum atomic E-state index is 0.715. The Morgan fingerprint density at radius 2 is 1.94 bits per heavy atom. The van der Waals surface area contributed by atoms with Crippen LogP contribution < -0.4 is 5.32 Å². The summed E-state index contributed by atoms with van der Waals surface area (Å²) in [7, 11) is 2.13. The van der Waals surface area contributed by atoms with Gasteiger partial charge < -0.3 is 5.32 Å². The standard InChI is InChI=1S/C17H27N/c1-13-8-9-14(2)16(12-13)10-11-17(18-3)15-6-4-5-7-15/h8-9,12,15,17-18H,4-7,10-11H2,1-3H3. The van der Waals surface area contributed by atoms with Gasteiger partial charge in [0.15, 0.2) is 0 Å². The van der Waals surface area contributed by atoms with Crippen LogP contribution in [0.25, 0.3) is 0 Å². The highest BCUT2D eigenvalue weighted by molar-refractivity contribution is 5.30. The summed E-state index contributed by atoms with van der Waals surface area (Å²) in [4.78, 5) is 0. The number of aryl methyl sites for hydroxylation is 3. The average Bonchev–Trinajstić information content (AvgIpc) is 2.88. The van der Waals surface area contributed by atoms with Crippen LogP contribution in [0.1, 0.15) is 48.8 Å². The highest BCUT2D eigenvalue weighted by Gasteiger charge is 2.23. The first-order valence-corrected chi connectivity index (χ1v) is 7.44. The first kappa shape index (κ1) is 13.6. The summed E-state index contributed by atoms with van der Waals surface area (Å²) in [5.74, 6) is 0.917. The Bertz CT molecular complexity index is 377. The van der Waals surface area contributed by atoms with Crippen molar-refractivity contribution in [1.29, 1.82) is 0 Å². The molecule has 1 aliphatic carbocycles. The molecule has 0 saturated heterocycles. The third kappa shape index (κ3) is 3.35. The number of nitrogens with one attached hydrogen (secondary N) is 1. The Morgan fingerprint density at radius 1 is 1.22 bits per heavy atom. The average molecular weight is 245 g/mol. The van der Waals surface area contributed by atoms with Crippen molar-refractivity contribution in [3.8, 4) is 0 Å². The molecule has 0 radical (unpaired) electrons. The van der Waals surface area contributed by atoms with E-state index in [2.05, 4.69) is 44.4 Å². The van der Waals surface area contributed by atoms with Crippen molar-refractivity contribution < 1.29 is 0 Å². The summed E-state index contributed by atoms with van der Waals surface area (Å²) in [6.45, 7) is 4.42. The van der Waals surface area contributed by atoms with Crippen LogP contribution in [0.15, 0.2) is 18.2 Å². The molecule has 2 rings (SSSR count).